The molecule has 0 aliphatic rings. The van der Waals surface area contributed by atoms with Crippen molar-refractivity contribution in [2.24, 2.45) is 0 Å². The van der Waals surface area contributed by atoms with Crippen molar-refractivity contribution < 1.29 is 18.4 Å². The van der Waals surface area contributed by atoms with E-state index in [1.807, 2.05) is 0 Å². The third-order valence-electron chi connectivity index (χ3n) is 2.31. The standard InChI is InChI=1S/C12H13BrF2N2O2/c1-7(11(18)16-5-4-14)17-12(19)9-6-8(13)2-3-10(9)15/h2-3,6-7H,4-5H2,1H3,(H,16,18)(H,17,19)/t7-/m0/s1. The van der Waals surface area contributed by atoms with Crippen LogP contribution in [0.2, 0.25) is 0 Å². The van der Waals surface area contributed by atoms with Crippen LogP contribution in [-0.4, -0.2) is 31.1 Å². The Bertz CT molecular complexity index is 483. The molecular formula is C12H13BrF2N2O2. The number of hydrogen-bond donors (Lipinski definition) is 2. The molecule has 0 aromatic heterocycles. The van der Waals surface area contributed by atoms with E-state index in [1.54, 1.807) is 0 Å². The smallest absolute Gasteiger partial charge is 0.254 e. The van der Waals surface area contributed by atoms with Crippen molar-refractivity contribution in [1.82, 2.24) is 10.6 Å². The zero-order valence-electron chi connectivity index (χ0n) is 10.2. The zero-order chi connectivity index (χ0) is 14.4. The largest absolute Gasteiger partial charge is 0.352 e. The fraction of sp³-hybridized carbons (Fsp3) is 0.333. The van der Waals surface area contributed by atoms with Crippen LogP contribution in [0, 0.1) is 5.82 Å². The maximum Gasteiger partial charge on any atom is 0.254 e. The molecule has 0 radical (unpaired) electrons. The van der Waals surface area contributed by atoms with E-state index in [1.165, 1.54) is 19.1 Å². The lowest BCUT2D eigenvalue weighted by Gasteiger charge is -2.13. The number of halogens is 3. The molecular weight excluding hydrogens is 322 g/mol. The molecule has 19 heavy (non-hydrogen) atoms. The Morgan fingerprint density at radius 2 is 2.11 bits per heavy atom. The lowest BCUT2D eigenvalue weighted by molar-refractivity contribution is -0.122. The number of nitrogens with one attached hydrogen (secondary N) is 2. The van der Waals surface area contributed by atoms with Gasteiger partial charge in [-0.05, 0) is 25.1 Å². The number of benzene rings is 1. The predicted molar refractivity (Wildman–Crippen MR) is 70.0 cm³/mol. The first-order valence-corrected chi connectivity index (χ1v) is 6.34. The maximum atomic E-state index is 13.4. The monoisotopic (exact) mass is 334 g/mol. The third kappa shape index (κ3) is 4.59. The topological polar surface area (TPSA) is 58.2 Å². The van der Waals surface area contributed by atoms with Crippen LogP contribution in [0.3, 0.4) is 0 Å². The normalized spacial score (nSPS) is 11.8. The van der Waals surface area contributed by atoms with Gasteiger partial charge in [0, 0.05) is 11.0 Å². The first-order valence-electron chi connectivity index (χ1n) is 5.55. The van der Waals surface area contributed by atoms with Gasteiger partial charge in [0.05, 0.1) is 5.56 Å². The van der Waals surface area contributed by atoms with Gasteiger partial charge in [-0.2, -0.15) is 0 Å². The van der Waals surface area contributed by atoms with Crippen LogP contribution in [0.1, 0.15) is 17.3 Å². The number of amides is 2. The Hall–Kier alpha value is -1.50. The van der Waals surface area contributed by atoms with E-state index in [-0.39, 0.29) is 12.1 Å². The van der Waals surface area contributed by atoms with E-state index in [0.717, 1.165) is 6.07 Å². The molecule has 2 amide bonds. The molecule has 7 heteroatoms. The Morgan fingerprint density at radius 3 is 2.74 bits per heavy atom. The molecule has 0 aliphatic carbocycles. The highest BCUT2D eigenvalue weighted by Gasteiger charge is 2.18. The molecule has 0 spiro atoms. The van der Waals surface area contributed by atoms with Gasteiger partial charge in [0.25, 0.3) is 5.91 Å². The quantitative estimate of drug-likeness (QED) is 0.862. The Kier molecular flexibility index (Phi) is 5.88. The summed E-state index contributed by atoms with van der Waals surface area (Å²) in [6.45, 7) is 0.623. The highest BCUT2D eigenvalue weighted by molar-refractivity contribution is 9.10. The summed E-state index contributed by atoms with van der Waals surface area (Å²) in [6, 6.07) is 3.05. The molecule has 0 saturated heterocycles. The lowest BCUT2D eigenvalue weighted by Crippen LogP contribution is -2.45. The molecule has 4 nitrogen and oxygen atoms in total. The number of alkyl halides is 1. The van der Waals surface area contributed by atoms with Gasteiger partial charge >= 0.3 is 0 Å². The molecule has 0 bridgehead atoms. The summed E-state index contributed by atoms with van der Waals surface area (Å²) in [5.41, 5.74) is -0.167. The van der Waals surface area contributed by atoms with E-state index in [9.17, 15) is 18.4 Å². The van der Waals surface area contributed by atoms with E-state index in [0.29, 0.717) is 4.47 Å². The summed E-state index contributed by atoms with van der Waals surface area (Å²) in [5.74, 6) is -1.92. The van der Waals surface area contributed by atoms with Gasteiger partial charge in [-0.1, -0.05) is 15.9 Å². The summed E-state index contributed by atoms with van der Waals surface area (Å²) in [6.07, 6.45) is 0. The van der Waals surface area contributed by atoms with Crippen LogP contribution >= 0.6 is 15.9 Å². The van der Waals surface area contributed by atoms with Crippen molar-refractivity contribution in [2.45, 2.75) is 13.0 Å². The van der Waals surface area contributed by atoms with Crippen molar-refractivity contribution in [3.8, 4) is 0 Å². The Morgan fingerprint density at radius 1 is 1.42 bits per heavy atom. The van der Waals surface area contributed by atoms with Gasteiger partial charge in [0.15, 0.2) is 0 Å². The highest BCUT2D eigenvalue weighted by Crippen LogP contribution is 2.15. The number of carbonyl (C=O) groups excluding carboxylic acids is 2. The molecule has 1 atom stereocenters. The summed E-state index contributed by atoms with van der Waals surface area (Å²) in [5, 5.41) is 4.62. The highest BCUT2D eigenvalue weighted by atomic mass is 79.9. The van der Waals surface area contributed by atoms with Crippen molar-refractivity contribution in [3.05, 3.63) is 34.1 Å². The molecule has 0 unspecified atom stereocenters. The average molecular weight is 335 g/mol. The molecule has 0 fully saturated rings. The van der Waals surface area contributed by atoms with Crippen LogP contribution in [-0.2, 0) is 4.79 Å². The van der Waals surface area contributed by atoms with Crippen LogP contribution < -0.4 is 10.6 Å². The minimum Gasteiger partial charge on any atom is -0.352 e. The zero-order valence-corrected chi connectivity index (χ0v) is 11.8. The first-order chi connectivity index (χ1) is 8.95. The second kappa shape index (κ2) is 7.18. The number of carbonyl (C=O) groups is 2. The van der Waals surface area contributed by atoms with E-state index >= 15 is 0 Å². The molecule has 2 N–H and O–H groups in total. The van der Waals surface area contributed by atoms with Gasteiger partial charge in [-0.3, -0.25) is 9.59 Å². The van der Waals surface area contributed by atoms with Crippen LogP contribution in [0.4, 0.5) is 8.78 Å². The van der Waals surface area contributed by atoms with Gasteiger partial charge < -0.3 is 10.6 Å². The van der Waals surface area contributed by atoms with Crippen molar-refractivity contribution in [2.75, 3.05) is 13.2 Å². The fourth-order valence-corrected chi connectivity index (χ4v) is 1.70. The van der Waals surface area contributed by atoms with Crippen LogP contribution in [0.5, 0.6) is 0 Å². The predicted octanol–water partition coefficient (Wildman–Crippen LogP) is 1.79. The van der Waals surface area contributed by atoms with E-state index < -0.39 is 30.3 Å². The van der Waals surface area contributed by atoms with Crippen molar-refractivity contribution in [3.63, 3.8) is 0 Å². The second-order valence-electron chi connectivity index (χ2n) is 3.80. The third-order valence-corrected chi connectivity index (χ3v) is 2.80. The molecule has 1 aromatic carbocycles. The molecule has 0 heterocycles. The van der Waals surface area contributed by atoms with Crippen LogP contribution in [0.25, 0.3) is 0 Å². The molecule has 104 valence electrons. The Balaban J connectivity index is 2.68. The van der Waals surface area contributed by atoms with Gasteiger partial charge in [-0.15, -0.1) is 0 Å². The number of rotatable bonds is 5. The lowest BCUT2D eigenvalue weighted by atomic mass is 10.2. The van der Waals surface area contributed by atoms with Gasteiger partial charge in [0.1, 0.15) is 18.5 Å². The van der Waals surface area contributed by atoms with Crippen molar-refractivity contribution >= 4 is 27.7 Å². The summed E-state index contributed by atoms with van der Waals surface area (Å²) >= 11 is 3.13. The van der Waals surface area contributed by atoms with Gasteiger partial charge in [-0.25, -0.2) is 8.78 Å². The van der Waals surface area contributed by atoms with E-state index in [4.69, 9.17) is 0 Å². The SMILES string of the molecule is C[C@H](NC(=O)c1cc(Br)ccc1F)C(=O)NCCF. The van der Waals surface area contributed by atoms with Gasteiger partial charge in [0.2, 0.25) is 5.91 Å². The molecule has 1 aromatic rings. The summed E-state index contributed by atoms with van der Waals surface area (Å²) in [7, 11) is 0. The number of hydrogen-bond acceptors (Lipinski definition) is 2. The second-order valence-corrected chi connectivity index (χ2v) is 4.72. The minimum atomic E-state index is -0.877. The average Bonchev–Trinajstić information content (AvgIpc) is 2.38. The fourth-order valence-electron chi connectivity index (χ4n) is 1.33. The summed E-state index contributed by atoms with van der Waals surface area (Å²) < 4.78 is 25.9. The maximum absolute atomic E-state index is 13.4. The van der Waals surface area contributed by atoms with E-state index in [2.05, 4.69) is 26.6 Å². The first kappa shape index (κ1) is 15.6. The van der Waals surface area contributed by atoms with Crippen LogP contribution in [0.15, 0.2) is 22.7 Å². The minimum absolute atomic E-state index is 0.121. The molecule has 0 aliphatic heterocycles. The summed E-state index contributed by atoms with van der Waals surface area (Å²) in [4.78, 5) is 23.2. The molecule has 1 rings (SSSR count). The molecule has 0 saturated carbocycles. The Labute approximate surface area is 117 Å². The van der Waals surface area contributed by atoms with Crippen molar-refractivity contribution in [1.29, 1.82) is 0 Å².